The number of hydrogen-bond acceptors (Lipinski definition) is 4. The number of hydrogen-bond donors (Lipinski definition) is 2. The second-order valence-electron chi connectivity index (χ2n) is 6.84. The summed E-state index contributed by atoms with van der Waals surface area (Å²) in [5, 5.41) is 16.8. The van der Waals surface area contributed by atoms with Crippen molar-refractivity contribution < 1.29 is 5.11 Å². The predicted octanol–water partition coefficient (Wildman–Crippen LogP) is 7.06. The number of aryl methyl sites for hydroxylation is 1. The summed E-state index contributed by atoms with van der Waals surface area (Å²) in [6, 6.07) is 14.4. The Labute approximate surface area is 189 Å². The van der Waals surface area contributed by atoms with Crippen molar-refractivity contribution in [3.8, 4) is 5.75 Å². The van der Waals surface area contributed by atoms with Crippen molar-refractivity contribution in [2.75, 3.05) is 5.32 Å². The monoisotopic (exact) mass is 457 g/mol. The van der Waals surface area contributed by atoms with E-state index in [1.165, 1.54) is 0 Å². The van der Waals surface area contributed by atoms with Crippen LogP contribution in [0.25, 0.3) is 10.9 Å². The van der Waals surface area contributed by atoms with Crippen LogP contribution in [-0.2, 0) is 6.42 Å². The molecule has 0 amide bonds. The van der Waals surface area contributed by atoms with Gasteiger partial charge in [-0.3, -0.25) is 4.98 Å². The summed E-state index contributed by atoms with van der Waals surface area (Å²) in [4.78, 5) is 8.75. The minimum atomic E-state index is -0.440. The van der Waals surface area contributed by atoms with Gasteiger partial charge in [-0.2, -0.15) is 0 Å². The number of nitrogens with one attached hydrogen (secondary N) is 1. The van der Waals surface area contributed by atoms with Crippen molar-refractivity contribution in [1.82, 2.24) is 9.97 Å². The molecule has 0 aliphatic heterocycles. The lowest BCUT2D eigenvalue weighted by Crippen LogP contribution is -2.14. The maximum absolute atomic E-state index is 11.0. The maximum atomic E-state index is 11.0. The number of nitrogens with zero attached hydrogens (tertiary/aromatic N) is 2. The molecule has 0 spiro atoms. The molecule has 0 aliphatic carbocycles. The molecule has 30 heavy (non-hydrogen) atoms. The van der Waals surface area contributed by atoms with E-state index >= 15 is 0 Å². The number of aromatic nitrogens is 2. The third kappa shape index (κ3) is 4.04. The highest BCUT2D eigenvalue weighted by molar-refractivity contribution is 6.42. The van der Waals surface area contributed by atoms with Crippen molar-refractivity contribution in [3.63, 3.8) is 0 Å². The van der Waals surface area contributed by atoms with Gasteiger partial charge in [-0.25, -0.2) is 4.98 Å². The van der Waals surface area contributed by atoms with Crippen LogP contribution in [0.1, 0.15) is 29.7 Å². The number of benzene rings is 2. The number of aromatic hydroxyl groups is 1. The van der Waals surface area contributed by atoms with Crippen LogP contribution in [0.15, 0.2) is 60.9 Å². The van der Waals surface area contributed by atoms with Gasteiger partial charge in [0.25, 0.3) is 0 Å². The lowest BCUT2D eigenvalue weighted by atomic mass is 9.96. The van der Waals surface area contributed by atoms with E-state index < -0.39 is 6.04 Å². The number of phenols is 1. The van der Waals surface area contributed by atoms with E-state index in [0.29, 0.717) is 32.0 Å². The van der Waals surface area contributed by atoms with Crippen molar-refractivity contribution in [3.05, 3.63) is 92.7 Å². The van der Waals surface area contributed by atoms with Crippen LogP contribution in [0, 0.1) is 0 Å². The third-order valence-corrected chi connectivity index (χ3v) is 6.05. The average molecular weight is 459 g/mol. The molecule has 2 heterocycles. The Morgan fingerprint density at radius 1 is 0.967 bits per heavy atom. The zero-order valence-electron chi connectivity index (χ0n) is 16.0. The van der Waals surface area contributed by atoms with E-state index in [2.05, 4.69) is 15.3 Å². The molecule has 1 atom stereocenters. The molecule has 4 rings (SSSR count). The molecule has 1 unspecified atom stereocenters. The van der Waals surface area contributed by atoms with E-state index in [-0.39, 0.29) is 5.75 Å². The number of fused-ring (bicyclic) bond motifs is 1. The Balaban J connectivity index is 1.86. The van der Waals surface area contributed by atoms with Crippen molar-refractivity contribution >= 4 is 51.5 Å². The summed E-state index contributed by atoms with van der Waals surface area (Å²) >= 11 is 18.6. The number of anilines is 1. The second kappa shape index (κ2) is 8.68. The zero-order valence-corrected chi connectivity index (χ0v) is 18.3. The topological polar surface area (TPSA) is 58.0 Å². The molecule has 0 saturated heterocycles. The number of phenolic OH excluding ortho intramolecular Hbond substituents is 1. The van der Waals surface area contributed by atoms with E-state index in [1.807, 2.05) is 43.3 Å². The minimum Gasteiger partial charge on any atom is -0.505 e. The fourth-order valence-corrected chi connectivity index (χ4v) is 3.93. The van der Waals surface area contributed by atoms with Crippen molar-refractivity contribution in [2.24, 2.45) is 0 Å². The van der Waals surface area contributed by atoms with E-state index in [1.54, 1.807) is 24.5 Å². The molecule has 2 aromatic carbocycles. The van der Waals surface area contributed by atoms with Gasteiger partial charge in [-0.05, 0) is 41.8 Å². The molecule has 0 aliphatic rings. The summed E-state index contributed by atoms with van der Waals surface area (Å²) < 4.78 is 0. The smallest absolute Gasteiger partial charge is 0.147 e. The van der Waals surface area contributed by atoms with E-state index in [0.717, 1.165) is 22.9 Å². The van der Waals surface area contributed by atoms with Crippen LogP contribution in [0.2, 0.25) is 15.1 Å². The molecule has 0 saturated carbocycles. The normalized spacial score (nSPS) is 12.1. The fourth-order valence-electron chi connectivity index (χ4n) is 3.39. The van der Waals surface area contributed by atoms with Crippen LogP contribution in [0.4, 0.5) is 5.82 Å². The molecule has 0 radical (unpaired) electrons. The zero-order chi connectivity index (χ0) is 21.3. The molecular weight excluding hydrogens is 441 g/mol. The molecule has 152 valence electrons. The molecule has 0 fully saturated rings. The van der Waals surface area contributed by atoms with Gasteiger partial charge >= 0.3 is 0 Å². The summed E-state index contributed by atoms with van der Waals surface area (Å²) in [5.74, 6) is 0.731. The van der Waals surface area contributed by atoms with Crippen molar-refractivity contribution in [2.45, 2.75) is 19.4 Å². The van der Waals surface area contributed by atoms with Gasteiger partial charge in [0.15, 0.2) is 0 Å². The SMILES string of the molecule is CCc1cc(NC(c2ccc(Cl)c(Cl)c2)c2ccc3cccnc3c2O)ncc1Cl. The molecule has 2 aromatic heterocycles. The Morgan fingerprint density at radius 3 is 2.57 bits per heavy atom. The summed E-state index contributed by atoms with van der Waals surface area (Å²) in [5.41, 5.74) is 2.98. The number of pyridine rings is 2. The largest absolute Gasteiger partial charge is 0.505 e. The number of halogens is 3. The van der Waals surface area contributed by atoms with Gasteiger partial charge in [0, 0.05) is 23.3 Å². The van der Waals surface area contributed by atoms with Gasteiger partial charge < -0.3 is 10.4 Å². The summed E-state index contributed by atoms with van der Waals surface area (Å²) in [6.07, 6.45) is 4.05. The lowest BCUT2D eigenvalue weighted by molar-refractivity contribution is 0.471. The van der Waals surface area contributed by atoms with Gasteiger partial charge in [0.1, 0.15) is 17.1 Å². The van der Waals surface area contributed by atoms with Gasteiger partial charge in [0.05, 0.1) is 21.1 Å². The van der Waals surface area contributed by atoms with Gasteiger partial charge in [0.2, 0.25) is 0 Å². The Hall–Kier alpha value is -2.53. The van der Waals surface area contributed by atoms with Crippen LogP contribution in [-0.4, -0.2) is 15.1 Å². The first-order chi connectivity index (χ1) is 14.5. The van der Waals surface area contributed by atoms with Gasteiger partial charge in [-0.1, -0.05) is 66.0 Å². The Morgan fingerprint density at radius 2 is 1.80 bits per heavy atom. The van der Waals surface area contributed by atoms with Gasteiger partial charge in [-0.15, -0.1) is 0 Å². The highest BCUT2D eigenvalue weighted by Crippen LogP contribution is 2.38. The average Bonchev–Trinajstić information content (AvgIpc) is 2.76. The van der Waals surface area contributed by atoms with E-state index in [4.69, 9.17) is 34.8 Å². The molecule has 4 nitrogen and oxygen atoms in total. The molecule has 0 bridgehead atoms. The highest BCUT2D eigenvalue weighted by atomic mass is 35.5. The lowest BCUT2D eigenvalue weighted by Gasteiger charge is -2.23. The van der Waals surface area contributed by atoms with Crippen LogP contribution in [0.5, 0.6) is 5.75 Å². The van der Waals surface area contributed by atoms with Crippen LogP contribution >= 0.6 is 34.8 Å². The van der Waals surface area contributed by atoms with Crippen LogP contribution in [0.3, 0.4) is 0 Å². The molecular formula is C23H18Cl3N3O. The third-order valence-electron chi connectivity index (χ3n) is 4.97. The van der Waals surface area contributed by atoms with E-state index in [9.17, 15) is 5.11 Å². The first-order valence-electron chi connectivity index (χ1n) is 9.40. The first-order valence-corrected chi connectivity index (χ1v) is 10.5. The summed E-state index contributed by atoms with van der Waals surface area (Å²) in [7, 11) is 0. The van der Waals surface area contributed by atoms with Crippen LogP contribution < -0.4 is 5.32 Å². The standard InChI is InChI=1S/C23H18Cl3N3O/c1-2-13-11-20(28-12-19(13)26)29-21(15-6-8-17(24)18(25)10-15)16-7-5-14-4-3-9-27-22(14)23(16)30/h3-12,21,30H,2H2,1H3,(H,28,29). The summed E-state index contributed by atoms with van der Waals surface area (Å²) in [6.45, 7) is 2.03. The predicted molar refractivity (Wildman–Crippen MR) is 124 cm³/mol. The van der Waals surface area contributed by atoms with Crippen molar-refractivity contribution in [1.29, 1.82) is 0 Å². The first kappa shape index (κ1) is 20.7. The Bertz CT molecular complexity index is 1230. The number of rotatable bonds is 5. The quantitative estimate of drug-likeness (QED) is 0.336. The minimum absolute atomic E-state index is 0.0985. The fraction of sp³-hybridized carbons (Fsp3) is 0.130. The maximum Gasteiger partial charge on any atom is 0.147 e. The molecule has 7 heteroatoms. The molecule has 2 N–H and O–H groups in total. The Kier molecular flexibility index (Phi) is 6.00. The second-order valence-corrected chi connectivity index (χ2v) is 8.07. The highest BCUT2D eigenvalue weighted by Gasteiger charge is 2.21. The molecule has 4 aromatic rings.